The van der Waals surface area contributed by atoms with Crippen molar-refractivity contribution in [3.8, 4) is 11.5 Å². The van der Waals surface area contributed by atoms with Gasteiger partial charge in [-0.15, -0.1) is 11.5 Å². The quantitative estimate of drug-likeness (QED) is 0.430. The van der Waals surface area contributed by atoms with E-state index in [9.17, 15) is 0 Å². The van der Waals surface area contributed by atoms with Crippen LogP contribution in [0.4, 0.5) is 0 Å². The monoisotopic (exact) mass is 264 g/mol. The van der Waals surface area contributed by atoms with Gasteiger partial charge in [0.25, 0.3) is 0 Å². The van der Waals surface area contributed by atoms with Crippen LogP contribution < -0.4 is 0 Å². The average Bonchev–Trinajstić information content (AvgIpc) is 2.23. The number of hydrogen-bond acceptors (Lipinski definition) is 1. The third kappa shape index (κ3) is 11.7. The lowest BCUT2D eigenvalue weighted by atomic mass is 10.0. The fraction of sp³-hybridized carbons (Fsp3) is 0.625. The zero-order chi connectivity index (χ0) is 14.0. The molecule has 0 fully saturated rings. The molecule has 0 rings (SSSR count). The minimum Gasteiger partial charge on any atom is -0.396 e. The van der Waals surface area contributed by atoms with Crippen molar-refractivity contribution in [2.45, 2.75) is 59.2 Å². The molecule has 0 aliphatic carbocycles. The molecule has 1 nitrogen and oxygen atoms in total. The van der Waals surface area contributed by atoms with E-state index in [-0.39, 0.29) is 6.61 Å². The van der Waals surface area contributed by atoms with Gasteiger partial charge in [0.2, 0.25) is 0 Å². The summed E-state index contributed by atoms with van der Waals surface area (Å²) < 4.78 is 0. The lowest BCUT2D eigenvalue weighted by Crippen LogP contribution is -2.16. The standard InChI is InChI=1S/C16H28OSi/c1-15(2)9-6-10-16(11-7-13-17)12-8-14-18(3,4)5/h9,11,17H,6-7,10,12-13H2,1-5H3/b16-11+. The fourth-order valence-corrected chi connectivity index (χ4v) is 2.12. The maximum atomic E-state index is 8.90. The average molecular weight is 264 g/mol. The van der Waals surface area contributed by atoms with E-state index in [1.807, 2.05) is 0 Å². The zero-order valence-corrected chi connectivity index (χ0v) is 13.6. The lowest BCUT2D eigenvalue weighted by Gasteiger charge is -2.05. The second-order valence-electron chi connectivity index (χ2n) is 5.92. The van der Waals surface area contributed by atoms with Crippen LogP contribution in [-0.4, -0.2) is 19.8 Å². The highest BCUT2D eigenvalue weighted by Gasteiger charge is 2.07. The number of allylic oxidation sites excluding steroid dienone is 3. The fourth-order valence-electron chi connectivity index (χ4n) is 1.50. The summed E-state index contributed by atoms with van der Waals surface area (Å²) in [6, 6.07) is 0. The van der Waals surface area contributed by atoms with Gasteiger partial charge in [-0.05, 0) is 33.1 Å². The Kier molecular flexibility index (Phi) is 8.79. The predicted molar refractivity (Wildman–Crippen MR) is 84.2 cm³/mol. The molecule has 0 spiro atoms. The van der Waals surface area contributed by atoms with Gasteiger partial charge in [-0.25, -0.2) is 0 Å². The Balaban J connectivity index is 4.40. The molecule has 0 atom stereocenters. The van der Waals surface area contributed by atoms with Gasteiger partial charge in [0.15, 0.2) is 0 Å². The van der Waals surface area contributed by atoms with Crippen molar-refractivity contribution in [2.24, 2.45) is 0 Å². The molecule has 0 aromatic rings. The number of hydrogen-bond donors (Lipinski definition) is 1. The van der Waals surface area contributed by atoms with Crippen molar-refractivity contribution < 1.29 is 5.11 Å². The second-order valence-corrected chi connectivity index (χ2v) is 10.7. The van der Waals surface area contributed by atoms with Crippen LogP contribution in [0.3, 0.4) is 0 Å². The molecule has 0 bridgehead atoms. The third-order valence-electron chi connectivity index (χ3n) is 2.36. The molecule has 0 aromatic carbocycles. The Labute approximate surface area is 114 Å². The summed E-state index contributed by atoms with van der Waals surface area (Å²) in [5, 5.41) is 8.90. The molecule has 0 unspecified atom stereocenters. The van der Waals surface area contributed by atoms with Gasteiger partial charge < -0.3 is 5.11 Å². The molecule has 0 radical (unpaired) electrons. The summed E-state index contributed by atoms with van der Waals surface area (Å²) in [6.45, 7) is 11.3. The largest absolute Gasteiger partial charge is 0.396 e. The molecule has 0 saturated heterocycles. The molecular formula is C16H28OSi. The zero-order valence-electron chi connectivity index (χ0n) is 12.6. The van der Waals surface area contributed by atoms with Crippen LogP contribution in [0.15, 0.2) is 23.3 Å². The van der Waals surface area contributed by atoms with Crippen molar-refractivity contribution in [1.82, 2.24) is 0 Å². The summed E-state index contributed by atoms with van der Waals surface area (Å²) >= 11 is 0. The molecule has 0 saturated carbocycles. The van der Waals surface area contributed by atoms with E-state index in [0.717, 1.165) is 25.7 Å². The van der Waals surface area contributed by atoms with Crippen molar-refractivity contribution in [3.63, 3.8) is 0 Å². The minimum absolute atomic E-state index is 0.230. The van der Waals surface area contributed by atoms with Crippen LogP contribution in [0.5, 0.6) is 0 Å². The van der Waals surface area contributed by atoms with Crippen molar-refractivity contribution in [1.29, 1.82) is 0 Å². The summed E-state index contributed by atoms with van der Waals surface area (Å²) in [5.74, 6) is 3.31. The maximum absolute atomic E-state index is 8.90. The van der Waals surface area contributed by atoms with Crippen LogP contribution in [0.1, 0.15) is 39.5 Å². The van der Waals surface area contributed by atoms with E-state index in [0.29, 0.717) is 0 Å². The van der Waals surface area contributed by atoms with Gasteiger partial charge in [0, 0.05) is 13.0 Å². The molecule has 0 aliphatic heterocycles. The SMILES string of the molecule is CC(C)=CCC/C(=C\CCO)CC#C[Si](C)(C)C. The van der Waals surface area contributed by atoms with E-state index in [4.69, 9.17) is 5.11 Å². The third-order valence-corrected chi connectivity index (χ3v) is 3.29. The number of rotatable bonds is 6. The molecule has 1 N–H and O–H groups in total. The van der Waals surface area contributed by atoms with Crippen LogP contribution >= 0.6 is 0 Å². The summed E-state index contributed by atoms with van der Waals surface area (Å²) in [7, 11) is -1.25. The molecule has 0 aromatic heterocycles. The van der Waals surface area contributed by atoms with E-state index in [1.165, 1.54) is 11.1 Å². The Morgan fingerprint density at radius 2 is 1.78 bits per heavy atom. The smallest absolute Gasteiger partial charge is 0.129 e. The molecule has 0 aliphatic rings. The number of aliphatic hydroxyl groups excluding tert-OH is 1. The Morgan fingerprint density at radius 3 is 2.28 bits per heavy atom. The predicted octanol–water partition coefficient (Wildman–Crippen LogP) is 4.31. The van der Waals surface area contributed by atoms with Crippen LogP contribution in [0.2, 0.25) is 19.6 Å². The highest BCUT2D eigenvalue weighted by molar-refractivity contribution is 6.83. The van der Waals surface area contributed by atoms with Gasteiger partial charge in [-0.1, -0.05) is 42.9 Å². The number of aliphatic hydroxyl groups is 1. The van der Waals surface area contributed by atoms with Crippen LogP contribution in [-0.2, 0) is 0 Å². The summed E-state index contributed by atoms with van der Waals surface area (Å²) in [5.41, 5.74) is 6.13. The first-order chi connectivity index (χ1) is 8.35. The normalized spacial score (nSPS) is 11.8. The van der Waals surface area contributed by atoms with Crippen molar-refractivity contribution >= 4 is 8.07 Å². The second kappa shape index (κ2) is 9.19. The Hall–Kier alpha value is -0.783. The van der Waals surface area contributed by atoms with Gasteiger partial charge in [-0.2, -0.15) is 0 Å². The molecule has 18 heavy (non-hydrogen) atoms. The van der Waals surface area contributed by atoms with Crippen LogP contribution in [0.25, 0.3) is 0 Å². The minimum atomic E-state index is -1.25. The maximum Gasteiger partial charge on any atom is 0.129 e. The van der Waals surface area contributed by atoms with Crippen molar-refractivity contribution in [2.75, 3.05) is 6.61 Å². The van der Waals surface area contributed by atoms with E-state index < -0.39 is 8.07 Å². The highest BCUT2D eigenvalue weighted by atomic mass is 28.3. The first-order valence-electron chi connectivity index (χ1n) is 6.77. The topological polar surface area (TPSA) is 20.2 Å². The Bertz CT molecular complexity index is 344. The van der Waals surface area contributed by atoms with E-state index >= 15 is 0 Å². The highest BCUT2D eigenvalue weighted by Crippen LogP contribution is 2.12. The van der Waals surface area contributed by atoms with Gasteiger partial charge >= 0.3 is 0 Å². The molecule has 2 heteroatoms. The Morgan fingerprint density at radius 1 is 1.11 bits per heavy atom. The first kappa shape index (κ1) is 17.2. The molecule has 0 heterocycles. The summed E-state index contributed by atoms with van der Waals surface area (Å²) in [4.78, 5) is 0. The van der Waals surface area contributed by atoms with Gasteiger partial charge in [-0.3, -0.25) is 0 Å². The van der Waals surface area contributed by atoms with E-state index in [2.05, 4.69) is 57.1 Å². The van der Waals surface area contributed by atoms with E-state index in [1.54, 1.807) is 0 Å². The lowest BCUT2D eigenvalue weighted by molar-refractivity contribution is 0.302. The molecule has 102 valence electrons. The summed E-state index contributed by atoms with van der Waals surface area (Å²) in [6.07, 6.45) is 8.16. The molecular weight excluding hydrogens is 236 g/mol. The van der Waals surface area contributed by atoms with Gasteiger partial charge in [0.05, 0.1) is 0 Å². The first-order valence-corrected chi connectivity index (χ1v) is 10.3. The van der Waals surface area contributed by atoms with Crippen molar-refractivity contribution in [3.05, 3.63) is 23.3 Å². The molecule has 0 amide bonds. The van der Waals surface area contributed by atoms with Gasteiger partial charge in [0.1, 0.15) is 8.07 Å². The van der Waals surface area contributed by atoms with Crippen LogP contribution in [0, 0.1) is 11.5 Å².